The van der Waals surface area contributed by atoms with E-state index in [1.165, 1.54) is 4.90 Å². The van der Waals surface area contributed by atoms with E-state index in [0.717, 1.165) is 0 Å². The molecule has 5 heteroatoms. The van der Waals surface area contributed by atoms with Crippen LogP contribution in [-0.4, -0.2) is 53.6 Å². The molecule has 1 heterocycles. The minimum Gasteiger partial charge on any atom is -0.481 e. The first-order valence-corrected chi connectivity index (χ1v) is 5.31. The summed E-state index contributed by atoms with van der Waals surface area (Å²) in [6.07, 6.45) is 1.64. The van der Waals surface area contributed by atoms with Crippen LogP contribution in [-0.2, 0) is 4.79 Å². The minimum absolute atomic E-state index is 0.0126. The Labute approximate surface area is 95.3 Å². The van der Waals surface area contributed by atoms with E-state index in [4.69, 9.17) is 5.11 Å². The average Bonchev–Trinajstić information content (AvgIpc) is 2.59. The molecule has 5 nitrogen and oxygen atoms in total. The number of hydrogen-bond acceptors (Lipinski definition) is 2. The SMILES string of the molecule is C=CCN(C)C(=O)N1CC(C)C(C(=O)O)C1. The Hall–Kier alpha value is -1.52. The third-order valence-corrected chi connectivity index (χ3v) is 2.93. The second kappa shape index (κ2) is 5.01. The number of aliphatic carboxylic acids is 1. The Kier molecular flexibility index (Phi) is 3.93. The molecule has 1 aliphatic heterocycles. The average molecular weight is 226 g/mol. The van der Waals surface area contributed by atoms with Gasteiger partial charge in [0.2, 0.25) is 0 Å². The highest BCUT2D eigenvalue weighted by atomic mass is 16.4. The summed E-state index contributed by atoms with van der Waals surface area (Å²) in [6, 6.07) is -0.129. The van der Waals surface area contributed by atoms with Gasteiger partial charge in [-0.15, -0.1) is 6.58 Å². The standard InChI is InChI=1S/C11H18N2O3/c1-4-5-12(3)11(16)13-6-8(2)9(7-13)10(14)15/h4,8-9H,1,5-7H2,2-3H3,(H,14,15). The highest BCUT2D eigenvalue weighted by Crippen LogP contribution is 2.23. The lowest BCUT2D eigenvalue weighted by Gasteiger charge is -2.23. The summed E-state index contributed by atoms with van der Waals surface area (Å²) in [5.41, 5.74) is 0. The Bertz CT molecular complexity index is 304. The van der Waals surface area contributed by atoms with Crippen LogP contribution in [0.15, 0.2) is 12.7 Å². The fourth-order valence-corrected chi connectivity index (χ4v) is 1.96. The molecule has 0 spiro atoms. The Morgan fingerprint density at radius 1 is 1.56 bits per heavy atom. The summed E-state index contributed by atoms with van der Waals surface area (Å²) in [7, 11) is 1.68. The summed E-state index contributed by atoms with van der Waals surface area (Å²) < 4.78 is 0. The predicted molar refractivity (Wildman–Crippen MR) is 60.1 cm³/mol. The lowest BCUT2D eigenvalue weighted by molar-refractivity contribution is -0.142. The maximum atomic E-state index is 11.9. The third kappa shape index (κ3) is 2.53. The van der Waals surface area contributed by atoms with Gasteiger partial charge in [-0.1, -0.05) is 13.0 Å². The Morgan fingerprint density at radius 3 is 2.62 bits per heavy atom. The van der Waals surface area contributed by atoms with E-state index in [1.807, 2.05) is 6.92 Å². The van der Waals surface area contributed by atoms with Gasteiger partial charge in [0.05, 0.1) is 5.92 Å². The maximum Gasteiger partial charge on any atom is 0.320 e. The number of rotatable bonds is 3. The van der Waals surface area contributed by atoms with Crippen molar-refractivity contribution in [3.63, 3.8) is 0 Å². The van der Waals surface area contributed by atoms with Gasteiger partial charge in [0.1, 0.15) is 0 Å². The third-order valence-electron chi connectivity index (χ3n) is 2.93. The van der Waals surface area contributed by atoms with E-state index in [1.54, 1.807) is 18.0 Å². The minimum atomic E-state index is -0.825. The largest absolute Gasteiger partial charge is 0.481 e. The molecule has 1 saturated heterocycles. The van der Waals surface area contributed by atoms with Crippen LogP contribution in [0.3, 0.4) is 0 Å². The lowest BCUT2D eigenvalue weighted by Crippen LogP contribution is -2.40. The topological polar surface area (TPSA) is 60.9 Å². The first-order chi connectivity index (χ1) is 7.47. The molecule has 0 aromatic rings. The van der Waals surface area contributed by atoms with Crippen molar-refractivity contribution in [1.29, 1.82) is 0 Å². The van der Waals surface area contributed by atoms with Gasteiger partial charge >= 0.3 is 12.0 Å². The molecule has 16 heavy (non-hydrogen) atoms. The number of carboxylic acids is 1. The van der Waals surface area contributed by atoms with Gasteiger partial charge < -0.3 is 14.9 Å². The molecule has 0 radical (unpaired) electrons. The molecule has 0 aromatic heterocycles. The highest BCUT2D eigenvalue weighted by Gasteiger charge is 2.37. The van der Waals surface area contributed by atoms with E-state index < -0.39 is 11.9 Å². The quantitative estimate of drug-likeness (QED) is 0.726. The number of carboxylic acid groups (broad SMARTS) is 1. The predicted octanol–water partition coefficient (Wildman–Crippen LogP) is 0.877. The monoisotopic (exact) mass is 226 g/mol. The van der Waals surface area contributed by atoms with Crippen LogP contribution in [0.4, 0.5) is 4.79 Å². The van der Waals surface area contributed by atoms with Crippen molar-refractivity contribution in [1.82, 2.24) is 9.80 Å². The number of likely N-dealkylation sites (N-methyl/N-ethyl adjacent to an activating group) is 1. The zero-order valence-corrected chi connectivity index (χ0v) is 9.72. The highest BCUT2D eigenvalue weighted by molar-refractivity contribution is 5.77. The zero-order valence-electron chi connectivity index (χ0n) is 9.72. The Balaban J connectivity index is 2.61. The molecular formula is C11H18N2O3. The zero-order chi connectivity index (χ0) is 12.3. The molecule has 1 N–H and O–H groups in total. The van der Waals surface area contributed by atoms with Gasteiger partial charge in [-0.3, -0.25) is 4.79 Å². The van der Waals surface area contributed by atoms with E-state index >= 15 is 0 Å². The smallest absolute Gasteiger partial charge is 0.320 e. The van der Waals surface area contributed by atoms with E-state index in [-0.39, 0.29) is 11.9 Å². The number of nitrogens with zero attached hydrogens (tertiary/aromatic N) is 2. The van der Waals surface area contributed by atoms with Gasteiger partial charge in [0, 0.05) is 26.7 Å². The normalized spacial score (nSPS) is 24.2. The van der Waals surface area contributed by atoms with E-state index in [2.05, 4.69) is 6.58 Å². The second-order valence-electron chi connectivity index (χ2n) is 4.28. The number of likely N-dealkylation sites (tertiary alicyclic amines) is 1. The molecule has 0 bridgehead atoms. The van der Waals surface area contributed by atoms with Gasteiger partial charge in [0.25, 0.3) is 0 Å². The van der Waals surface area contributed by atoms with Crippen LogP contribution in [0.1, 0.15) is 6.92 Å². The molecule has 1 rings (SSSR count). The van der Waals surface area contributed by atoms with Crippen molar-refractivity contribution in [2.45, 2.75) is 6.92 Å². The lowest BCUT2D eigenvalue weighted by atomic mass is 9.99. The first kappa shape index (κ1) is 12.5. The van der Waals surface area contributed by atoms with Crippen molar-refractivity contribution in [3.8, 4) is 0 Å². The number of amides is 2. The number of urea groups is 1. The molecule has 1 fully saturated rings. The van der Waals surface area contributed by atoms with Crippen molar-refractivity contribution < 1.29 is 14.7 Å². The van der Waals surface area contributed by atoms with Crippen molar-refractivity contribution >= 4 is 12.0 Å². The van der Waals surface area contributed by atoms with Crippen LogP contribution < -0.4 is 0 Å². The molecule has 0 aliphatic carbocycles. The van der Waals surface area contributed by atoms with Crippen LogP contribution in [0.5, 0.6) is 0 Å². The summed E-state index contributed by atoms with van der Waals surface area (Å²) in [5, 5.41) is 8.96. The molecular weight excluding hydrogens is 208 g/mol. The van der Waals surface area contributed by atoms with Crippen LogP contribution in [0.2, 0.25) is 0 Å². The van der Waals surface area contributed by atoms with Gasteiger partial charge in [-0.2, -0.15) is 0 Å². The second-order valence-corrected chi connectivity index (χ2v) is 4.28. The summed E-state index contributed by atoms with van der Waals surface area (Å²) in [6.45, 7) is 6.71. The molecule has 0 aromatic carbocycles. The number of carbonyl (C=O) groups excluding carboxylic acids is 1. The molecule has 0 saturated carbocycles. The Morgan fingerprint density at radius 2 is 2.19 bits per heavy atom. The molecule has 2 unspecified atom stereocenters. The number of hydrogen-bond donors (Lipinski definition) is 1. The molecule has 2 amide bonds. The summed E-state index contributed by atoms with van der Waals surface area (Å²) in [5.74, 6) is -1.26. The van der Waals surface area contributed by atoms with Gasteiger partial charge in [0.15, 0.2) is 0 Å². The number of carbonyl (C=O) groups is 2. The fourth-order valence-electron chi connectivity index (χ4n) is 1.96. The van der Waals surface area contributed by atoms with E-state index in [9.17, 15) is 9.59 Å². The van der Waals surface area contributed by atoms with Gasteiger partial charge in [-0.25, -0.2) is 4.79 Å². The molecule has 1 aliphatic rings. The molecule has 90 valence electrons. The van der Waals surface area contributed by atoms with Crippen molar-refractivity contribution in [2.24, 2.45) is 11.8 Å². The van der Waals surface area contributed by atoms with Crippen molar-refractivity contribution in [3.05, 3.63) is 12.7 Å². The first-order valence-electron chi connectivity index (χ1n) is 5.31. The van der Waals surface area contributed by atoms with Gasteiger partial charge in [-0.05, 0) is 5.92 Å². The molecule has 2 atom stereocenters. The van der Waals surface area contributed by atoms with Crippen molar-refractivity contribution in [2.75, 3.05) is 26.7 Å². The van der Waals surface area contributed by atoms with Crippen LogP contribution in [0.25, 0.3) is 0 Å². The van der Waals surface area contributed by atoms with Crippen LogP contribution >= 0.6 is 0 Å². The van der Waals surface area contributed by atoms with Crippen LogP contribution in [0, 0.1) is 11.8 Å². The maximum absolute atomic E-state index is 11.9. The summed E-state index contributed by atoms with van der Waals surface area (Å²) in [4.78, 5) is 25.9. The summed E-state index contributed by atoms with van der Waals surface area (Å²) >= 11 is 0. The van der Waals surface area contributed by atoms with E-state index in [0.29, 0.717) is 19.6 Å². The fraction of sp³-hybridized carbons (Fsp3) is 0.636.